The Morgan fingerprint density at radius 2 is 2.07 bits per heavy atom. The quantitative estimate of drug-likeness (QED) is 0.738. The van der Waals surface area contributed by atoms with Gasteiger partial charge in [0, 0.05) is 13.7 Å². The first-order valence-electron chi connectivity index (χ1n) is 5.98. The van der Waals surface area contributed by atoms with Crippen molar-refractivity contribution >= 4 is 0 Å². The number of hydrogen-bond donors (Lipinski definition) is 1. The van der Waals surface area contributed by atoms with E-state index in [4.69, 9.17) is 10.5 Å². The van der Waals surface area contributed by atoms with Crippen molar-refractivity contribution < 1.29 is 4.74 Å². The van der Waals surface area contributed by atoms with Gasteiger partial charge in [-0.05, 0) is 43.6 Å². The second kappa shape index (κ2) is 6.41. The molecule has 2 heteroatoms. The topological polar surface area (TPSA) is 35.2 Å². The Kier molecular flexibility index (Phi) is 5.49. The summed E-state index contributed by atoms with van der Waals surface area (Å²) in [5.74, 6) is 2.41. The Hall–Kier alpha value is -0.0800. The normalized spacial score (nSPS) is 30.2. The Morgan fingerprint density at radius 3 is 2.71 bits per heavy atom. The molecule has 0 radical (unpaired) electrons. The first kappa shape index (κ1) is 12.0. The molecule has 0 aliphatic heterocycles. The van der Waals surface area contributed by atoms with Crippen LogP contribution in [0.5, 0.6) is 0 Å². The maximum Gasteiger partial charge on any atom is 0.0464 e. The summed E-state index contributed by atoms with van der Waals surface area (Å²) >= 11 is 0. The second-order valence-electron chi connectivity index (χ2n) is 4.70. The van der Waals surface area contributed by atoms with E-state index in [1.165, 1.54) is 32.1 Å². The van der Waals surface area contributed by atoms with Crippen molar-refractivity contribution in [2.45, 2.75) is 39.0 Å². The van der Waals surface area contributed by atoms with Crippen LogP contribution in [0.25, 0.3) is 0 Å². The molecule has 14 heavy (non-hydrogen) atoms. The predicted molar refractivity (Wildman–Crippen MR) is 60.2 cm³/mol. The predicted octanol–water partition coefficient (Wildman–Crippen LogP) is 2.42. The summed E-state index contributed by atoms with van der Waals surface area (Å²) in [6, 6.07) is 0. The van der Waals surface area contributed by atoms with Gasteiger partial charge in [0.15, 0.2) is 0 Å². The molecule has 1 aliphatic carbocycles. The summed E-state index contributed by atoms with van der Waals surface area (Å²) in [6.07, 6.45) is 6.71. The van der Waals surface area contributed by atoms with E-state index < -0.39 is 0 Å². The molecule has 0 heterocycles. The van der Waals surface area contributed by atoms with Gasteiger partial charge in [-0.1, -0.05) is 19.8 Å². The molecule has 0 aromatic rings. The van der Waals surface area contributed by atoms with Crippen LogP contribution in [0.1, 0.15) is 39.0 Å². The maximum atomic E-state index is 5.83. The van der Waals surface area contributed by atoms with E-state index in [1.54, 1.807) is 7.11 Å². The van der Waals surface area contributed by atoms with Crippen LogP contribution in [0.15, 0.2) is 0 Å². The van der Waals surface area contributed by atoms with Crippen LogP contribution >= 0.6 is 0 Å². The third-order valence-electron chi connectivity index (χ3n) is 3.78. The van der Waals surface area contributed by atoms with Gasteiger partial charge in [-0.25, -0.2) is 0 Å². The molecule has 0 aromatic carbocycles. The first-order valence-corrected chi connectivity index (χ1v) is 5.98. The molecule has 2 N–H and O–H groups in total. The summed E-state index contributed by atoms with van der Waals surface area (Å²) in [5.41, 5.74) is 5.83. The third kappa shape index (κ3) is 3.25. The summed E-state index contributed by atoms with van der Waals surface area (Å²) < 4.78 is 5.14. The maximum absolute atomic E-state index is 5.83. The van der Waals surface area contributed by atoms with Gasteiger partial charge in [-0.15, -0.1) is 0 Å². The Labute approximate surface area is 88.2 Å². The van der Waals surface area contributed by atoms with E-state index in [0.29, 0.717) is 0 Å². The van der Waals surface area contributed by atoms with Gasteiger partial charge >= 0.3 is 0 Å². The number of ether oxygens (including phenoxy) is 1. The molecule has 1 rings (SSSR count). The molecule has 1 fully saturated rings. The Bertz CT molecular complexity index is 149. The average Bonchev–Trinajstić information content (AvgIpc) is 2.25. The van der Waals surface area contributed by atoms with E-state index in [2.05, 4.69) is 6.92 Å². The lowest BCUT2D eigenvalue weighted by Crippen LogP contribution is -2.31. The van der Waals surface area contributed by atoms with Crippen LogP contribution in [0.2, 0.25) is 0 Å². The highest BCUT2D eigenvalue weighted by Crippen LogP contribution is 2.35. The molecular weight excluding hydrogens is 174 g/mol. The van der Waals surface area contributed by atoms with Gasteiger partial charge in [-0.2, -0.15) is 0 Å². The van der Waals surface area contributed by atoms with Crippen LogP contribution in [-0.2, 0) is 4.74 Å². The van der Waals surface area contributed by atoms with Crippen molar-refractivity contribution in [3.05, 3.63) is 0 Å². The zero-order chi connectivity index (χ0) is 10.4. The van der Waals surface area contributed by atoms with Crippen molar-refractivity contribution in [3.63, 3.8) is 0 Å². The lowest BCUT2D eigenvalue weighted by Gasteiger charge is -2.35. The fourth-order valence-electron chi connectivity index (χ4n) is 2.80. The zero-order valence-corrected chi connectivity index (χ0v) is 9.67. The molecule has 3 atom stereocenters. The number of nitrogens with two attached hydrogens (primary N) is 1. The number of hydrogen-bond acceptors (Lipinski definition) is 2. The lowest BCUT2D eigenvalue weighted by atomic mass is 9.72. The molecule has 3 unspecified atom stereocenters. The largest absolute Gasteiger partial charge is 0.385 e. The molecule has 1 saturated carbocycles. The van der Waals surface area contributed by atoms with E-state index in [1.807, 2.05) is 0 Å². The highest BCUT2D eigenvalue weighted by atomic mass is 16.5. The smallest absolute Gasteiger partial charge is 0.0464 e. The highest BCUT2D eigenvalue weighted by Gasteiger charge is 2.27. The zero-order valence-electron chi connectivity index (χ0n) is 9.67. The number of methoxy groups -OCH3 is 1. The van der Waals surface area contributed by atoms with Gasteiger partial charge in [0.2, 0.25) is 0 Å². The van der Waals surface area contributed by atoms with E-state index in [-0.39, 0.29) is 0 Å². The minimum Gasteiger partial charge on any atom is -0.385 e. The average molecular weight is 199 g/mol. The first-order chi connectivity index (χ1) is 6.79. The molecule has 84 valence electrons. The summed E-state index contributed by atoms with van der Waals surface area (Å²) in [5, 5.41) is 0. The monoisotopic (exact) mass is 199 g/mol. The van der Waals surface area contributed by atoms with Crippen molar-refractivity contribution in [1.82, 2.24) is 0 Å². The van der Waals surface area contributed by atoms with Gasteiger partial charge in [0.1, 0.15) is 0 Å². The highest BCUT2D eigenvalue weighted by molar-refractivity contribution is 4.79. The Balaban J connectivity index is 2.37. The van der Waals surface area contributed by atoms with E-state index in [9.17, 15) is 0 Å². The summed E-state index contributed by atoms with van der Waals surface area (Å²) in [6.45, 7) is 4.13. The van der Waals surface area contributed by atoms with Crippen molar-refractivity contribution in [3.8, 4) is 0 Å². The third-order valence-corrected chi connectivity index (χ3v) is 3.78. The van der Waals surface area contributed by atoms with E-state index >= 15 is 0 Å². The van der Waals surface area contributed by atoms with Gasteiger partial charge in [0.05, 0.1) is 0 Å². The summed E-state index contributed by atoms with van der Waals surface area (Å²) in [4.78, 5) is 0. The summed E-state index contributed by atoms with van der Waals surface area (Å²) in [7, 11) is 1.79. The molecule has 2 nitrogen and oxygen atoms in total. The molecule has 0 bridgehead atoms. The minimum absolute atomic E-state index is 0.774. The number of rotatable bonds is 5. The van der Waals surface area contributed by atoms with Gasteiger partial charge < -0.3 is 10.5 Å². The second-order valence-corrected chi connectivity index (χ2v) is 4.70. The van der Waals surface area contributed by atoms with Crippen molar-refractivity contribution in [2.24, 2.45) is 23.5 Å². The van der Waals surface area contributed by atoms with Crippen LogP contribution < -0.4 is 5.73 Å². The Morgan fingerprint density at radius 1 is 1.36 bits per heavy atom. The molecule has 0 spiro atoms. The van der Waals surface area contributed by atoms with Gasteiger partial charge in [0.25, 0.3) is 0 Å². The van der Waals surface area contributed by atoms with E-state index in [0.717, 1.165) is 30.9 Å². The SMILES string of the molecule is COCCC(C)C1CCCCC1CN. The van der Waals surface area contributed by atoms with Gasteiger partial charge in [-0.3, -0.25) is 0 Å². The minimum atomic E-state index is 0.774. The molecule has 0 amide bonds. The fraction of sp³-hybridized carbons (Fsp3) is 1.00. The van der Waals surface area contributed by atoms with Crippen LogP contribution in [0, 0.1) is 17.8 Å². The van der Waals surface area contributed by atoms with Crippen LogP contribution in [0.4, 0.5) is 0 Å². The molecular formula is C12H25NO. The van der Waals surface area contributed by atoms with Crippen molar-refractivity contribution in [2.75, 3.05) is 20.3 Å². The fourth-order valence-corrected chi connectivity index (χ4v) is 2.80. The molecule has 0 saturated heterocycles. The van der Waals surface area contributed by atoms with Crippen molar-refractivity contribution in [1.29, 1.82) is 0 Å². The van der Waals surface area contributed by atoms with Crippen LogP contribution in [0.3, 0.4) is 0 Å². The molecule has 1 aliphatic rings. The van der Waals surface area contributed by atoms with Crippen LogP contribution in [-0.4, -0.2) is 20.3 Å². The molecule has 0 aromatic heterocycles. The lowest BCUT2D eigenvalue weighted by molar-refractivity contribution is 0.125. The standard InChI is InChI=1S/C12H25NO/c1-10(7-8-14-2)12-6-4-3-5-11(12)9-13/h10-12H,3-9,13H2,1-2H3.